The van der Waals surface area contributed by atoms with Crippen molar-refractivity contribution in [2.24, 2.45) is 0 Å². The molecule has 4 nitrogen and oxygen atoms in total. The molecule has 2 aromatic carbocycles. The highest BCUT2D eigenvalue weighted by atomic mass is 35.5. The summed E-state index contributed by atoms with van der Waals surface area (Å²) in [5.41, 5.74) is 1.43. The highest BCUT2D eigenvalue weighted by Gasteiger charge is 2.04. The van der Waals surface area contributed by atoms with Gasteiger partial charge < -0.3 is 5.32 Å². The van der Waals surface area contributed by atoms with Crippen molar-refractivity contribution >= 4 is 35.3 Å². The molecule has 5 heteroatoms. The van der Waals surface area contributed by atoms with Gasteiger partial charge in [-0.25, -0.2) is 4.79 Å². The van der Waals surface area contributed by atoms with Crippen LogP contribution in [-0.2, 0) is 4.79 Å². The van der Waals surface area contributed by atoms with Gasteiger partial charge >= 0.3 is 6.03 Å². The number of urea groups is 1. The van der Waals surface area contributed by atoms with Gasteiger partial charge in [0.15, 0.2) is 0 Å². The largest absolute Gasteiger partial charge is 0.326 e. The van der Waals surface area contributed by atoms with E-state index in [2.05, 4.69) is 10.6 Å². The fourth-order valence-electron chi connectivity index (χ4n) is 1.58. The van der Waals surface area contributed by atoms with Crippen molar-refractivity contribution in [3.63, 3.8) is 0 Å². The molecule has 106 valence electrons. The maximum atomic E-state index is 11.6. The summed E-state index contributed by atoms with van der Waals surface area (Å²) < 4.78 is 0. The van der Waals surface area contributed by atoms with Crippen LogP contribution >= 0.6 is 11.6 Å². The van der Waals surface area contributed by atoms with Crippen molar-refractivity contribution in [3.05, 3.63) is 71.3 Å². The summed E-state index contributed by atoms with van der Waals surface area (Å²) >= 11 is 5.76. The zero-order valence-corrected chi connectivity index (χ0v) is 11.8. The lowest BCUT2D eigenvalue weighted by molar-refractivity contribution is -0.115. The third-order valence-electron chi connectivity index (χ3n) is 2.57. The summed E-state index contributed by atoms with van der Waals surface area (Å²) in [6, 6.07) is 15.3. The van der Waals surface area contributed by atoms with Gasteiger partial charge in [0, 0.05) is 16.8 Å². The van der Waals surface area contributed by atoms with Crippen LogP contribution in [0.2, 0.25) is 5.02 Å². The van der Waals surface area contributed by atoms with E-state index in [-0.39, 0.29) is 0 Å². The molecule has 2 N–H and O–H groups in total. The molecular weight excluding hydrogens is 288 g/mol. The molecule has 3 amide bonds. The summed E-state index contributed by atoms with van der Waals surface area (Å²) in [7, 11) is 0. The number of hydrogen-bond acceptors (Lipinski definition) is 2. The molecule has 0 radical (unpaired) electrons. The van der Waals surface area contributed by atoms with Crippen molar-refractivity contribution in [1.29, 1.82) is 0 Å². The van der Waals surface area contributed by atoms with E-state index in [1.54, 1.807) is 54.6 Å². The second kappa shape index (κ2) is 7.26. The molecule has 0 aliphatic carbocycles. The summed E-state index contributed by atoms with van der Waals surface area (Å²) in [4.78, 5) is 23.2. The van der Waals surface area contributed by atoms with Crippen LogP contribution in [0.25, 0.3) is 6.08 Å². The van der Waals surface area contributed by atoms with E-state index in [1.807, 2.05) is 6.07 Å². The highest BCUT2D eigenvalue weighted by Crippen LogP contribution is 2.10. The minimum atomic E-state index is -0.577. The monoisotopic (exact) mass is 300 g/mol. The molecule has 2 aromatic rings. The lowest BCUT2D eigenvalue weighted by atomic mass is 10.2. The van der Waals surface area contributed by atoms with Gasteiger partial charge in [0.25, 0.3) is 5.91 Å². The van der Waals surface area contributed by atoms with Crippen molar-refractivity contribution in [1.82, 2.24) is 5.32 Å². The minimum Gasteiger partial charge on any atom is -0.308 e. The Kier molecular flexibility index (Phi) is 5.12. The van der Waals surface area contributed by atoms with Gasteiger partial charge in [-0.15, -0.1) is 0 Å². The molecule has 0 fully saturated rings. The normalized spacial score (nSPS) is 10.3. The Morgan fingerprint density at radius 1 is 0.952 bits per heavy atom. The number of hydrogen-bond donors (Lipinski definition) is 2. The number of anilines is 1. The fraction of sp³-hybridized carbons (Fsp3) is 0. The first kappa shape index (κ1) is 14.8. The first-order valence-corrected chi connectivity index (χ1v) is 6.62. The summed E-state index contributed by atoms with van der Waals surface area (Å²) in [5.74, 6) is -0.501. The summed E-state index contributed by atoms with van der Waals surface area (Å²) in [6.45, 7) is 0. The van der Waals surface area contributed by atoms with Crippen LogP contribution in [0.5, 0.6) is 0 Å². The maximum Gasteiger partial charge on any atom is 0.326 e. The second-order valence-corrected chi connectivity index (χ2v) is 4.63. The van der Waals surface area contributed by atoms with E-state index in [1.165, 1.54) is 6.08 Å². The van der Waals surface area contributed by atoms with Crippen molar-refractivity contribution < 1.29 is 9.59 Å². The molecule has 0 heterocycles. The zero-order valence-electron chi connectivity index (χ0n) is 11.0. The molecule has 0 saturated heterocycles. The van der Waals surface area contributed by atoms with Crippen LogP contribution < -0.4 is 10.6 Å². The fourth-order valence-corrected chi connectivity index (χ4v) is 1.71. The molecule has 2 rings (SSSR count). The van der Waals surface area contributed by atoms with Gasteiger partial charge in [-0.05, 0) is 35.9 Å². The van der Waals surface area contributed by atoms with E-state index in [9.17, 15) is 9.59 Å². The third-order valence-corrected chi connectivity index (χ3v) is 2.82. The van der Waals surface area contributed by atoms with Gasteiger partial charge in [0.1, 0.15) is 0 Å². The number of halogens is 1. The topological polar surface area (TPSA) is 58.2 Å². The van der Waals surface area contributed by atoms with Gasteiger partial charge in [-0.3, -0.25) is 10.1 Å². The van der Waals surface area contributed by atoms with E-state index < -0.39 is 11.9 Å². The Labute approximate surface area is 127 Å². The average Bonchev–Trinajstić information content (AvgIpc) is 2.47. The molecular formula is C16H13ClN2O2. The predicted octanol–water partition coefficient (Wildman–Crippen LogP) is 3.70. The Morgan fingerprint density at radius 2 is 1.62 bits per heavy atom. The molecule has 0 atom stereocenters. The number of benzene rings is 2. The first-order chi connectivity index (χ1) is 10.1. The van der Waals surface area contributed by atoms with Crippen LogP contribution in [0.1, 0.15) is 5.56 Å². The SMILES string of the molecule is O=C(C=Cc1ccc(Cl)cc1)NC(=O)Nc1ccccc1. The summed E-state index contributed by atoms with van der Waals surface area (Å²) in [5, 5.41) is 5.39. The van der Waals surface area contributed by atoms with Crippen molar-refractivity contribution in [2.75, 3.05) is 5.32 Å². The zero-order chi connectivity index (χ0) is 15.1. The number of para-hydroxylation sites is 1. The van der Waals surface area contributed by atoms with Crippen LogP contribution in [0, 0.1) is 0 Å². The quantitative estimate of drug-likeness (QED) is 0.849. The lowest BCUT2D eigenvalue weighted by Crippen LogP contribution is -2.33. The standard InChI is InChI=1S/C16H13ClN2O2/c17-13-9-6-12(7-10-13)8-11-15(20)19-16(21)18-14-4-2-1-3-5-14/h1-11H,(H2,18,19,20,21). The Balaban J connectivity index is 1.86. The number of imide groups is 1. The molecule has 0 unspecified atom stereocenters. The Bertz CT molecular complexity index is 652. The number of rotatable bonds is 3. The average molecular weight is 301 g/mol. The maximum absolute atomic E-state index is 11.6. The van der Waals surface area contributed by atoms with Gasteiger partial charge in [0.05, 0.1) is 0 Å². The van der Waals surface area contributed by atoms with E-state index in [4.69, 9.17) is 11.6 Å². The van der Waals surface area contributed by atoms with Gasteiger partial charge in [-0.2, -0.15) is 0 Å². The van der Waals surface area contributed by atoms with E-state index in [0.29, 0.717) is 10.7 Å². The Morgan fingerprint density at radius 3 is 2.29 bits per heavy atom. The minimum absolute atomic E-state index is 0.501. The second-order valence-electron chi connectivity index (χ2n) is 4.19. The molecule has 0 bridgehead atoms. The van der Waals surface area contributed by atoms with Gasteiger partial charge in [0.2, 0.25) is 0 Å². The molecule has 0 aliphatic heterocycles. The van der Waals surface area contributed by atoms with Gasteiger partial charge in [-0.1, -0.05) is 41.9 Å². The number of carbonyl (C=O) groups excluding carboxylic acids is 2. The number of amides is 3. The molecule has 0 saturated carbocycles. The predicted molar refractivity (Wildman–Crippen MR) is 84.1 cm³/mol. The van der Waals surface area contributed by atoms with E-state index >= 15 is 0 Å². The number of carbonyl (C=O) groups is 2. The smallest absolute Gasteiger partial charge is 0.308 e. The molecule has 0 aliphatic rings. The van der Waals surface area contributed by atoms with Crippen LogP contribution in [0.15, 0.2) is 60.7 Å². The summed E-state index contributed by atoms with van der Waals surface area (Å²) in [6.07, 6.45) is 2.88. The third kappa shape index (κ3) is 5.12. The van der Waals surface area contributed by atoms with Crippen molar-refractivity contribution in [2.45, 2.75) is 0 Å². The highest BCUT2D eigenvalue weighted by molar-refractivity contribution is 6.30. The number of nitrogens with one attached hydrogen (secondary N) is 2. The Hall–Kier alpha value is -2.59. The van der Waals surface area contributed by atoms with Crippen molar-refractivity contribution in [3.8, 4) is 0 Å². The van der Waals surface area contributed by atoms with Crippen LogP contribution in [0.3, 0.4) is 0 Å². The molecule has 0 spiro atoms. The van der Waals surface area contributed by atoms with Crippen LogP contribution in [0.4, 0.5) is 10.5 Å². The van der Waals surface area contributed by atoms with E-state index in [0.717, 1.165) is 5.56 Å². The van der Waals surface area contributed by atoms with Crippen LogP contribution in [-0.4, -0.2) is 11.9 Å². The lowest BCUT2D eigenvalue weighted by Gasteiger charge is -2.04. The first-order valence-electron chi connectivity index (χ1n) is 6.24. The molecule has 21 heavy (non-hydrogen) atoms. The molecule has 0 aromatic heterocycles.